The lowest BCUT2D eigenvalue weighted by Gasteiger charge is -2.33. The van der Waals surface area contributed by atoms with Gasteiger partial charge in [-0.15, -0.1) is 11.3 Å². The van der Waals surface area contributed by atoms with E-state index in [1.54, 1.807) is 28.5 Å². The molecule has 3 rings (SSSR count). The Hall–Kier alpha value is -1.41. The Kier molecular flexibility index (Phi) is 5.78. The average Bonchev–Trinajstić information content (AvgIpc) is 3.15. The topological polar surface area (TPSA) is 57.7 Å². The largest absolute Gasteiger partial charge is 0.340 e. The van der Waals surface area contributed by atoms with Crippen LogP contribution in [0.5, 0.6) is 0 Å². The highest BCUT2D eigenvalue weighted by Crippen LogP contribution is 2.22. The number of aryl methyl sites for hydroxylation is 1. The molecule has 1 aromatic carbocycles. The van der Waals surface area contributed by atoms with Crippen LogP contribution < -0.4 is 0 Å². The zero-order valence-corrected chi connectivity index (χ0v) is 16.0. The van der Waals surface area contributed by atoms with Gasteiger partial charge in [0.2, 0.25) is 5.91 Å². The van der Waals surface area contributed by atoms with E-state index in [4.69, 9.17) is 11.6 Å². The molecule has 0 unspecified atom stereocenters. The van der Waals surface area contributed by atoms with Gasteiger partial charge >= 0.3 is 0 Å². The fourth-order valence-corrected chi connectivity index (χ4v) is 5.60. The molecule has 1 aliphatic rings. The van der Waals surface area contributed by atoms with E-state index < -0.39 is 10.0 Å². The van der Waals surface area contributed by atoms with E-state index in [9.17, 15) is 13.2 Å². The molecule has 0 aliphatic carbocycles. The first-order valence-corrected chi connectivity index (χ1v) is 10.7. The molecule has 1 aromatic heterocycles. The number of rotatable bonds is 5. The summed E-state index contributed by atoms with van der Waals surface area (Å²) >= 11 is 7.17. The fourth-order valence-electron chi connectivity index (χ4n) is 2.82. The van der Waals surface area contributed by atoms with Crippen LogP contribution in [0.25, 0.3) is 0 Å². The Morgan fingerprint density at radius 2 is 1.88 bits per heavy atom. The number of benzene rings is 1. The Morgan fingerprint density at radius 3 is 2.52 bits per heavy atom. The lowest BCUT2D eigenvalue weighted by atomic mass is 10.1. The third-order valence-corrected chi connectivity index (χ3v) is 7.70. The van der Waals surface area contributed by atoms with E-state index in [-0.39, 0.29) is 5.91 Å². The highest BCUT2D eigenvalue weighted by molar-refractivity contribution is 7.91. The van der Waals surface area contributed by atoms with Crippen molar-refractivity contribution in [3.8, 4) is 0 Å². The summed E-state index contributed by atoms with van der Waals surface area (Å²) in [5, 5.41) is 2.42. The van der Waals surface area contributed by atoms with E-state index in [1.807, 2.05) is 18.2 Å². The van der Waals surface area contributed by atoms with Crippen molar-refractivity contribution in [3.05, 3.63) is 52.4 Å². The number of amides is 1. The van der Waals surface area contributed by atoms with Crippen LogP contribution >= 0.6 is 22.9 Å². The first-order chi connectivity index (χ1) is 12.0. The molecule has 5 nitrogen and oxygen atoms in total. The summed E-state index contributed by atoms with van der Waals surface area (Å²) in [6.45, 7) is 1.53. The van der Waals surface area contributed by atoms with Crippen molar-refractivity contribution in [2.45, 2.75) is 17.1 Å². The van der Waals surface area contributed by atoms with Crippen LogP contribution in [0.1, 0.15) is 12.0 Å². The highest BCUT2D eigenvalue weighted by atomic mass is 35.5. The molecule has 25 heavy (non-hydrogen) atoms. The van der Waals surface area contributed by atoms with Crippen molar-refractivity contribution in [2.24, 2.45) is 0 Å². The second kappa shape index (κ2) is 7.86. The van der Waals surface area contributed by atoms with Crippen molar-refractivity contribution in [1.82, 2.24) is 9.21 Å². The minimum Gasteiger partial charge on any atom is -0.340 e. The van der Waals surface area contributed by atoms with E-state index in [0.717, 1.165) is 5.56 Å². The van der Waals surface area contributed by atoms with Crippen LogP contribution in [0.3, 0.4) is 0 Å². The van der Waals surface area contributed by atoms with Crippen LogP contribution in [0.2, 0.25) is 5.02 Å². The highest BCUT2D eigenvalue weighted by Gasteiger charge is 2.30. The molecule has 8 heteroatoms. The molecule has 1 amide bonds. The molecular weight excluding hydrogens is 380 g/mol. The molecule has 2 aromatic rings. The SMILES string of the molecule is O=C(CCc1cccc(Cl)c1)N1CCN(S(=O)(=O)c2cccs2)CC1. The van der Waals surface area contributed by atoms with Gasteiger partial charge in [-0.25, -0.2) is 8.42 Å². The van der Waals surface area contributed by atoms with E-state index in [2.05, 4.69) is 0 Å². The molecule has 0 atom stereocenters. The molecule has 0 radical (unpaired) electrons. The minimum absolute atomic E-state index is 0.0492. The van der Waals surface area contributed by atoms with Crippen molar-refractivity contribution < 1.29 is 13.2 Å². The van der Waals surface area contributed by atoms with Gasteiger partial charge in [0.1, 0.15) is 4.21 Å². The van der Waals surface area contributed by atoms with Crippen molar-refractivity contribution >= 4 is 38.9 Å². The van der Waals surface area contributed by atoms with Crippen molar-refractivity contribution in [3.63, 3.8) is 0 Å². The molecule has 0 spiro atoms. The molecular formula is C17H19ClN2O3S2. The molecule has 134 valence electrons. The molecule has 0 bridgehead atoms. The smallest absolute Gasteiger partial charge is 0.252 e. The van der Waals surface area contributed by atoms with Gasteiger partial charge in [0.15, 0.2) is 0 Å². The Morgan fingerprint density at radius 1 is 1.12 bits per heavy atom. The maximum Gasteiger partial charge on any atom is 0.252 e. The van der Waals surface area contributed by atoms with Gasteiger partial charge in [0, 0.05) is 37.6 Å². The normalized spacial score (nSPS) is 16.1. The molecule has 0 saturated carbocycles. The first-order valence-electron chi connectivity index (χ1n) is 8.03. The third kappa shape index (κ3) is 4.41. The van der Waals surface area contributed by atoms with E-state index >= 15 is 0 Å². The van der Waals surface area contributed by atoms with Gasteiger partial charge in [0.25, 0.3) is 10.0 Å². The summed E-state index contributed by atoms with van der Waals surface area (Å²) in [4.78, 5) is 14.1. The summed E-state index contributed by atoms with van der Waals surface area (Å²) in [5.74, 6) is 0.0492. The lowest BCUT2D eigenvalue weighted by molar-refractivity contribution is -0.132. The van der Waals surface area contributed by atoms with Gasteiger partial charge in [-0.2, -0.15) is 4.31 Å². The number of nitrogens with zero attached hydrogens (tertiary/aromatic N) is 2. The van der Waals surface area contributed by atoms with Crippen LogP contribution in [0.4, 0.5) is 0 Å². The number of sulfonamides is 1. The number of thiophene rings is 1. The fraction of sp³-hybridized carbons (Fsp3) is 0.353. The quantitative estimate of drug-likeness (QED) is 0.778. The van der Waals surface area contributed by atoms with Gasteiger partial charge in [-0.1, -0.05) is 29.8 Å². The predicted molar refractivity (Wildman–Crippen MR) is 99.4 cm³/mol. The average molecular weight is 399 g/mol. The maximum absolute atomic E-state index is 12.5. The van der Waals surface area contributed by atoms with Gasteiger partial charge in [0.05, 0.1) is 0 Å². The standard InChI is InChI=1S/C17H19ClN2O3S2/c18-15-4-1-3-14(13-15)6-7-16(21)19-8-10-20(11-9-19)25(22,23)17-5-2-12-24-17/h1-5,12-13H,6-11H2. The Bertz CT molecular complexity index is 829. The molecule has 0 N–H and O–H groups in total. The monoisotopic (exact) mass is 398 g/mol. The first kappa shape index (κ1) is 18.4. The number of hydrogen-bond acceptors (Lipinski definition) is 4. The number of carbonyl (C=O) groups excluding carboxylic acids is 1. The molecule has 1 aliphatic heterocycles. The molecule has 1 saturated heterocycles. The van der Waals surface area contributed by atoms with Gasteiger partial charge in [-0.05, 0) is 35.6 Å². The third-order valence-electron chi connectivity index (χ3n) is 4.20. The van der Waals surface area contributed by atoms with Gasteiger partial charge < -0.3 is 4.90 Å². The number of carbonyl (C=O) groups is 1. The second-order valence-corrected chi connectivity index (χ2v) is 9.40. The van der Waals surface area contributed by atoms with Crippen LogP contribution in [0.15, 0.2) is 46.0 Å². The van der Waals surface area contributed by atoms with Crippen LogP contribution in [0, 0.1) is 0 Å². The molecule has 2 heterocycles. The maximum atomic E-state index is 12.5. The van der Waals surface area contributed by atoms with E-state index in [1.165, 1.54) is 15.6 Å². The summed E-state index contributed by atoms with van der Waals surface area (Å²) in [6.07, 6.45) is 1.03. The zero-order valence-electron chi connectivity index (χ0n) is 13.6. The van der Waals surface area contributed by atoms with E-state index in [0.29, 0.717) is 48.3 Å². The van der Waals surface area contributed by atoms with Crippen LogP contribution in [-0.4, -0.2) is 49.7 Å². The molecule has 1 fully saturated rings. The summed E-state index contributed by atoms with van der Waals surface area (Å²) in [7, 11) is -3.43. The number of hydrogen-bond donors (Lipinski definition) is 0. The zero-order chi connectivity index (χ0) is 17.9. The second-order valence-electron chi connectivity index (χ2n) is 5.85. The number of piperazine rings is 1. The lowest BCUT2D eigenvalue weighted by Crippen LogP contribution is -2.50. The van der Waals surface area contributed by atoms with Crippen LogP contribution in [-0.2, 0) is 21.2 Å². The van der Waals surface area contributed by atoms with Crippen molar-refractivity contribution in [2.75, 3.05) is 26.2 Å². The van der Waals surface area contributed by atoms with Crippen molar-refractivity contribution in [1.29, 1.82) is 0 Å². The summed E-state index contributed by atoms with van der Waals surface area (Å²) in [5.41, 5.74) is 1.03. The summed E-state index contributed by atoms with van der Waals surface area (Å²) < 4.78 is 26.8. The summed E-state index contributed by atoms with van der Waals surface area (Å²) in [6, 6.07) is 10.8. The van der Waals surface area contributed by atoms with Gasteiger partial charge in [-0.3, -0.25) is 4.79 Å². The Balaban J connectivity index is 1.52. The predicted octanol–water partition coefficient (Wildman–Crippen LogP) is 2.87. The Labute approximate surface area is 156 Å². The minimum atomic E-state index is -3.43. The number of halogens is 1.